The predicted octanol–water partition coefficient (Wildman–Crippen LogP) is 1.22. The summed E-state index contributed by atoms with van der Waals surface area (Å²) in [6.07, 6.45) is 0.410. The van der Waals surface area contributed by atoms with Crippen molar-refractivity contribution in [3.63, 3.8) is 0 Å². The van der Waals surface area contributed by atoms with Gasteiger partial charge in [0.15, 0.2) is 0 Å². The highest BCUT2D eigenvalue weighted by Gasteiger charge is 2.11. The average molecular weight is 207 g/mol. The van der Waals surface area contributed by atoms with Gasteiger partial charge in [0, 0.05) is 13.0 Å². The second-order valence-electron chi connectivity index (χ2n) is 2.81. The zero-order chi connectivity index (χ0) is 11.3. The van der Waals surface area contributed by atoms with E-state index in [-0.39, 0.29) is 11.1 Å². The van der Waals surface area contributed by atoms with Crippen molar-refractivity contribution in [2.75, 3.05) is 6.54 Å². The van der Waals surface area contributed by atoms with Gasteiger partial charge >= 0.3 is 5.97 Å². The van der Waals surface area contributed by atoms with Gasteiger partial charge < -0.3 is 10.8 Å². The van der Waals surface area contributed by atoms with Crippen molar-refractivity contribution < 1.29 is 14.3 Å². The van der Waals surface area contributed by atoms with Gasteiger partial charge in [0.25, 0.3) is 0 Å². The molecule has 0 aliphatic rings. The van der Waals surface area contributed by atoms with E-state index in [0.29, 0.717) is 13.0 Å². The molecule has 0 bridgehead atoms. The topological polar surface area (TPSA) is 63.3 Å². The third-order valence-electron chi connectivity index (χ3n) is 1.73. The van der Waals surface area contributed by atoms with Crippen LogP contribution in [0.25, 0.3) is 0 Å². The molecule has 1 rings (SSSR count). The number of benzene rings is 1. The Morgan fingerprint density at radius 1 is 1.53 bits per heavy atom. The number of aromatic carboxylic acids is 1. The van der Waals surface area contributed by atoms with Gasteiger partial charge in [-0.25, -0.2) is 9.18 Å². The summed E-state index contributed by atoms with van der Waals surface area (Å²) in [6.45, 7) is 0.365. The fourth-order valence-corrected chi connectivity index (χ4v) is 1.05. The van der Waals surface area contributed by atoms with Crippen LogP contribution in [0.15, 0.2) is 18.2 Å². The SMILES string of the molecule is NCCC#Cc1c(F)cccc1C(=O)O. The molecule has 0 saturated heterocycles. The molecule has 1 aromatic rings. The number of hydrogen-bond donors (Lipinski definition) is 2. The maximum absolute atomic E-state index is 13.2. The van der Waals surface area contributed by atoms with Crippen molar-refractivity contribution in [2.24, 2.45) is 5.73 Å². The highest BCUT2D eigenvalue weighted by atomic mass is 19.1. The second kappa shape index (κ2) is 5.13. The normalized spacial score (nSPS) is 9.20. The van der Waals surface area contributed by atoms with Crippen LogP contribution in [0.4, 0.5) is 4.39 Å². The molecular formula is C11H10FNO2. The number of carboxylic acids is 1. The van der Waals surface area contributed by atoms with E-state index < -0.39 is 11.8 Å². The summed E-state index contributed by atoms with van der Waals surface area (Å²) in [5, 5.41) is 8.79. The first-order chi connectivity index (χ1) is 7.16. The number of rotatable bonds is 2. The molecule has 0 spiro atoms. The van der Waals surface area contributed by atoms with E-state index in [4.69, 9.17) is 10.8 Å². The lowest BCUT2D eigenvalue weighted by molar-refractivity contribution is 0.0696. The number of halogens is 1. The Hall–Kier alpha value is -1.86. The summed E-state index contributed by atoms with van der Waals surface area (Å²) < 4.78 is 13.2. The van der Waals surface area contributed by atoms with Crippen LogP contribution in [0.3, 0.4) is 0 Å². The third-order valence-corrected chi connectivity index (χ3v) is 1.73. The van der Waals surface area contributed by atoms with Crippen LogP contribution in [0, 0.1) is 17.7 Å². The largest absolute Gasteiger partial charge is 0.478 e. The first-order valence-corrected chi connectivity index (χ1v) is 4.37. The summed E-state index contributed by atoms with van der Waals surface area (Å²) in [5.41, 5.74) is 5.01. The molecule has 0 amide bonds. The molecule has 15 heavy (non-hydrogen) atoms. The van der Waals surface area contributed by atoms with Gasteiger partial charge in [-0.3, -0.25) is 0 Å². The number of carboxylic acid groups (broad SMARTS) is 1. The zero-order valence-electron chi connectivity index (χ0n) is 7.96. The zero-order valence-corrected chi connectivity index (χ0v) is 7.96. The monoisotopic (exact) mass is 207 g/mol. The number of nitrogens with two attached hydrogens (primary N) is 1. The average Bonchev–Trinajstić information content (AvgIpc) is 2.20. The molecule has 0 unspecified atom stereocenters. The fraction of sp³-hybridized carbons (Fsp3) is 0.182. The molecule has 0 aromatic heterocycles. The minimum Gasteiger partial charge on any atom is -0.478 e. The fourth-order valence-electron chi connectivity index (χ4n) is 1.05. The Kier molecular flexibility index (Phi) is 3.83. The predicted molar refractivity (Wildman–Crippen MR) is 53.9 cm³/mol. The van der Waals surface area contributed by atoms with E-state index in [2.05, 4.69) is 11.8 Å². The van der Waals surface area contributed by atoms with Crippen molar-refractivity contribution in [3.8, 4) is 11.8 Å². The molecule has 3 N–H and O–H groups in total. The molecule has 78 valence electrons. The van der Waals surface area contributed by atoms with E-state index in [0.717, 1.165) is 0 Å². The first-order valence-electron chi connectivity index (χ1n) is 4.37. The molecule has 0 aliphatic heterocycles. The van der Waals surface area contributed by atoms with Crippen LogP contribution in [0.1, 0.15) is 22.3 Å². The lowest BCUT2D eigenvalue weighted by Gasteiger charge is -1.99. The van der Waals surface area contributed by atoms with Crippen molar-refractivity contribution in [2.45, 2.75) is 6.42 Å². The van der Waals surface area contributed by atoms with E-state index in [1.807, 2.05) is 0 Å². The smallest absolute Gasteiger partial charge is 0.337 e. The third kappa shape index (κ3) is 2.79. The molecule has 0 radical (unpaired) electrons. The second-order valence-corrected chi connectivity index (χ2v) is 2.81. The molecule has 0 saturated carbocycles. The van der Waals surface area contributed by atoms with Gasteiger partial charge in [-0.15, -0.1) is 0 Å². The van der Waals surface area contributed by atoms with E-state index in [1.54, 1.807) is 0 Å². The van der Waals surface area contributed by atoms with E-state index in [9.17, 15) is 9.18 Å². The van der Waals surface area contributed by atoms with Crippen LogP contribution in [-0.4, -0.2) is 17.6 Å². The Morgan fingerprint density at radius 3 is 2.87 bits per heavy atom. The Labute approximate surface area is 86.7 Å². The van der Waals surface area contributed by atoms with Gasteiger partial charge in [0.2, 0.25) is 0 Å². The number of carbonyl (C=O) groups is 1. The van der Waals surface area contributed by atoms with E-state index in [1.165, 1.54) is 18.2 Å². The van der Waals surface area contributed by atoms with Crippen molar-refractivity contribution >= 4 is 5.97 Å². The molecule has 0 aliphatic carbocycles. The van der Waals surface area contributed by atoms with Crippen molar-refractivity contribution in [1.82, 2.24) is 0 Å². The molecule has 1 aromatic carbocycles. The van der Waals surface area contributed by atoms with Gasteiger partial charge in [-0.1, -0.05) is 17.9 Å². The Bertz CT molecular complexity index is 432. The van der Waals surface area contributed by atoms with Crippen molar-refractivity contribution in [1.29, 1.82) is 0 Å². The molecule has 0 fully saturated rings. The highest BCUT2D eigenvalue weighted by Crippen LogP contribution is 2.12. The lowest BCUT2D eigenvalue weighted by atomic mass is 10.1. The summed E-state index contributed by atoms with van der Waals surface area (Å²) in [7, 11) is 0. The molecular weight excluding hydrogens is 197 g/mol. The van der Waals surface area contributed by atoms with E-state index >= 15 is 0 Å². The Balaban J connectivity index is 3.15. The van der Waals surface area contributed by atoms with Gasteiger partial charge in [-0.05, 0) is 12.1 Å². The van der Waals surface area contributed by atoms with Crippen LogP contribution in [0.2, 0.25) is 0 Å². The molecule has 0 heterocycles. The number of hydrogen-bond acceptors (Lipinski definition) is 2. The van der Waals surface area contributed by atoms with Crippen LogP contribution < -0.4 is 5.73 Å². The van der Waals surface area contributed by atoms with Gasteiger partial charge in [0.05, 0.1) is 11.1 Å². The quantitative estimate of drug-likeness (QED) is 0.717. The summed E-state index contributed by atoms with van der Waals surface area (Å²) >= 11 is 0. The minimum absolute atomic E-state index is 0.0848. The van der Waals surface area contributed by atoms with Crippen LogP contribution in [-0.2, 0) is 0 Å². The van der Waals surface area contributed by atoms with Gasteiger partial charge in [0.1, 0.15) is 5.82 Å². The molecule has 3 nitrogen and oxygen atoms in total. The minimum atomic E-state index is -1.19. The summed E-state index contributed by atoms with van der Waals surface area (Å²) in [5.74, 6) is 3.27. The van der Waals surface area contributed by atoms with Crippen molar-refractivity contribution in [3.05, 3.63) is 35.1 Å². The maximum atomic E-state index is 13.2. The first kappa shape index (κ1) is 11.2. The molecule has 0 atom stereocenters. The van der Waals surface area contributed by atoms with Crippen LogP contribution in [0.5, 0.6) is 0 Å². The molecule has 4 heteroatoms. The lowest BCUT2D eigenvalue weighted by Crippen LogP contribution is -2.02. The van der Waals surface area contributed by atoms with Crippen LogP contribution >= 0.6 is 0 Å². The highest BCUT2D eigenvalue weighted by molar-refractivity contribution is 5.90. The summed E-state index contributed by atoms with van der Waals surface area (Å²) in [4.78, 5) is 10.7. The standard InChI is InChI=1S/C11H10FNO2/c12-10-6-3-5-9(11(14)15)8(10)4-1-2-7-13/h3,5-6H,2,7,13H2,(H,14,15). The summed E-state index contributed by atoms with van der Waals surface area (Å²) in [6, 6.07) is 3.84. The Morgan fingerprint density at radius 2 is 2.27 bits per heavy atom. The maximum Gasteiger partial charge on any atom is 0.337 e. The van der Waals surface area contributed by atoms with Gasteiger partial charge in [-0.2, -0.15) is 0 Å².